The number of amides is 2. The molecule has 1 unspecified atom stereocenters. The molecule has 2 aliphatic rings. The highest BCUT2D eigenvalue weighted by Gasteiger charge is 2.37. The fraction of sp³-hybridized carbons (Fsp3) is 0.500. The summed E-state index contributed by atoms with van der Waals surface area (Å²) in [6.45, 7) is 2.20. The molecule has 2 saturated heterocycles. The molecule has 0 bridgehead atoms. The SMILES string of the molecule is CS(=O)(=O)c1ccc(COC2CN(C(=O)N3CCC(c4ncn[nH]4)C3)C2)c(F)c1. The Morgan fingerprint density at radius 1 is 1.31 bits per heavy atom. The predicted molar refractivity (Wildman–Crippen MR) is 100 cm³/mol. The summed E-state index contributed by atoms with van der Waals surface area (Å²) < 4.78 is 42.7. The summed E-state index contributed by atoms with van der Waals surface area (Å²) >= 11 is 0. The van der Waals surface area contributed by atoms with E-state index < -0.39 is 15.7 Å². The summed E-state index contributed by atoms with van der Waals surface area (Å²) in [6.07, 6.45) is 3.18. The van der Waals surface area contributed by atoms with Gasteiger partial charge < -0.3 is 14.5 Å². The van der Waals surface area contributed by atoms with Crippen molar-refractivity contribution in [2.24, 2.45) is 0 Å². The molecule has 2 aliphatic heterocycles. The normalized spacial score (nSPS) is 20.1. The van der Waals surface area contributed by atoms with Crippen LogP contribution in [0.25, 0.3) is 0 Å². The van der Waals surface area contributed by atoms with Crippen LogP contribution in [0.4, 0.5) is 9.18 Å². The lowest BCUT2D eigenvalue weighted by Crippen LogP contribution is -2.58. The highest BCUT2D eigenvalue weighted by molar-refractivity contribution is 7.90. The maximum absolute atomic E-state index is 14.1. The minimum absolute atomic E-state index is 0.0276. The number of ether oxygens (including phenoxy) is 1. The Morgan fingerprint density at radius 3 is 2.76 bits per heavy atom. The molecule has 2 fully saturated rings. The number of hydrogen-bond acceptors (Lipinski definition) is 6. The summed E-state index contributed by atoms with van der Waals surface area (Å²) in [7, 11) is -3.45. The van der Waals surface area contributed by atoms with Crippen LogP contribution in [-0.4, -0.2) is 78.0 Å². The fourth-order valence-electron chi connectivity index (χ4n) is 3.55. The average molecular weight is 423 g/mol. The molecular weight excluding hydrogens is 401 g/mol. The Balaban J connectivity index is 1.24. The molecule has 156 valence electrons. The van der Waals surface area contributed by atoms with Crippen LogP contribution < -0.4 is 0 Å². The molecule has 0 aliphatic carbocycles. The molecule has 1 atom stereocenters. The van der Waals surface area contributed by atoms with Gasteiger partial charge in [-0.25, -0.2) is 22.6 Å². The van der Waals surface area contributed by atoms with Gasteiger partial charge in [-0.3, -0.25) is 5.10 Å². The van der Waals surface area contributed by atoms with Gasteiger partial charge in [0.15, 0.2) is 9.84 Å². The van der Waals surface area contributed by atoms with Crippen molar-refractivity contribution in [1.29, 1.82) is 0 Å². The minimum Gasteiger partial charge on any atom is -0.370 e. The van der Waals surface area contributed by atoms with Gasteiger partial charge in [0, 0.05) is 30.8 Å². The quantitative estimate of drug-likeness (QED) is 0.773. The number of hydrogen-bond donors (Lipinski definition) is 1. The van der Waals surface area contributed by atoms with Gasteiger partial charge in [0.2, 0.25) is 0 Å². The minimum atomic E-state index is -3.45. The molecule has 4 rings (SSSR count). The van der Waals surface area contributed by atoms with E-state index >= 15 is 0 Å². The third-order valence-corrected chi connectivity index (χ3v) is 6.44. The second-order valence-electron chi connectivity index (χ2n) is 7.45. The van der Waals surface area contributed by atoms with Crippen molar-refractivity contribution < 1.29 is 22.3 Å². The van der Waals surface area contributed by atoms with Gasteiger partial charge in [-0.2, -0.15) is 5.10 Å². The zero-order chi connectivity index (χ0) is 20.6. The van der Waals surface area contributed by atoms with Crippen LogP contribution in [0.3, 0.4) is 0 Å². The van der Waals surface area contributed by atoms with Gasteiger partial charge in [0.05, 0.1) is 30.7 Å². The number of likely N-dealkylation sites (tertiary alicyclic amines) is 2. The van der Waals surface area contributed by atoms with Crippen molar-refractivity contribution in [2.45, 2.75) is 29.9 Å². The second-order valence-corrected chi connectivity index (χ2v) is 9.46. The van der Waals surface area contributed by atoms with Crippen molar-refractivity contribution in [3.05, 3.63) is 41.7 Å². The molecule has 29 heavy (non-hydrogen) atoms. The Kier molecular flexibility index (Phi) is 5.26. The molecule has 0 spiro atoms. The fourth-order valence-corrected chi connectivity index (χ4v) is 4.18. The Hall–Kier alpha value is -2.53. The molecule has 0 radical (unpaired) electrons. The van der Waals surface area contributed by atoms with Crippen LogP contribution in [0.15, 0.2) is 29.4 Å². The van der Waals surface area contributed by atoms with Crippen molar-refractivity contribution in [3.63, 3.8) is 0 Å². The molecule has 1 aromatic heterocycles. The smallest absolute Gasteiger partial charge is 0.320 e. The molecule has 3 heterocycles. The number of carbonyl (C=O) groups excluding carboxylic acids is 1. The van der Waals surface area contributed by atoms with E-state index in [1.54, 1.807) is 9.80 Å². The number of nitrogens with one attached hydrogen (secondary N) is 1. The highest BCUT2D eigenvalue weighted by Crippen LogP contribution is 2.26. The molecule has 1 aromatic carbocycles. The van der Waals surface area contributed by atoms with Crippen LogP contribution in [0.2, 0.25) is 0 Å². The maximum atomic E-state index is 14.1. The number of nitrogens with zero attached hydrogens (tertiary/aromatic N) is 4. The second kappa shape index (κ2) is 7.71. The third-order valence-electron chi connectivity index (χ3n) is 5.32. The number of halogens is 1. The summed E-state index contributed by atoms with van der Waals surface area (Å²) in [5, 5.41) is 6.71. The van der Waals surface area contributed by atoms with Gasteiger partial charge >= 0.3 is 6.03 Å². The molecule has 2 aromatic rings. The Labute approximate surface area is 167 Å². The van der Waals surface area contributed by atoms with Gasteiger partial charge in [0.25, 0.3) is 0 Å². The molecular formula is C18H22FN5O4S. The van der Waals surface area contributed by atoms with E-state index in [0.717, 1.165) is 24.6 Å². The Morgan fingerprint density at radius 2 is 2.10 bits per heavy atom. The number of urea groups is 1. The first-order chi connectivity index (χ1) is 13.8. The molecule has 9 nitrogen and oxygen atoms in total. The zero-order valence-corrected chi connectivity index (χ0v) is 16.7. The van der Waals surface area contributed by atoms with E-state index in [1.807, 2.05) is 0 Å². The van der Waals surface area contributed by atoms with Gasteiger partial charge in [-0.05, 0) is 18.6 Å². The van der Waals surface area contributed by atoms with Crippen LogP contribution in [0.1, 0.15) is 23.7 Å². The summed E-state index contributed by atoms with van der Waals surface area (Å²) in [5.74, 6) is 0.359. The third kappa shape index (κ3) is 4.25. The van der Waals surface area contributed by atoms with Gasteiger partial charge in [0.1, 0.15) is 18.0 Å². The van der Waals surface area contributed by atoms with Gasteiger partial charge in [-0.1, -0.05) is 6.07 Å². The number of sulfone groups is 1. The summed E-state index contributed by atoms with van der Waals surface area (Å²) in [6, 6.07) is 3.76. The van der Waals surface area contributed by atoms with E-state index in [-0.39, 0.29) is 35.1 Å². The first-order valence-electron chi connectivity index (χ1n) is 9.30. The molecule has 0 saturated carbocycles. The van der Waals surface area contributed by atoms with Crippen molar-refractivity contribution >= 4 is 15.9 Å². The molecule has 2 amide bonds. The first-order valence-corrected chi connectivity index (χ1v) is 11.2. The number of rotatable bonds is 5. The number of H-pyrrole nitrogens is 1. The lowest BCUT2D eigenvalue weighted by atomic mass is 10.1. The van der Waals surface area contributed by atoms with E-state index in [2.05, 4.69) is 15.2 Å². The lowest BCUT2D eigenvalue weighted by molar-refractivity contribution is -0.0494. The Bertz CT molecular complexity index is 992. The topological polar surface area (TPSA) is 108 Å². The van der Waals surface area contributed by atoms with Crippen LogP contribution in [0, 0.1) is 5.82 Å². The van der Waals surface area contributed by atoms with Crippen molar-refractivity contribution in [1.82, 2.24) is 25.0 Å². The van der Waals surface area contributed by atoms with E-state index in [1.165, 1.54) is 18.5 Å². The lowest BCUT2D eigenvalue weighted by Gasteiger charge is -2.40. The molecule has 1 N–H and O–H groups in total. The van der Waals surface area contributed by atoms with Crippen LogP contribution in [0.5, 0.6) is 0 Å². The van der Waals surface area contributed by atoms with E-state index in [9.17, 15) is 17.6 Å². The average Bonchev–Trinajstić information content (AvgIpc) is 3.31. The van der Waals surface area contributed by atoms with Crippen LogP contribution in [-0.2, 0) is 21.2 Å². The number of aromatic nitrogens is 3. The standard InChI is InChI=1S/C18H22FN5O4S/c1-29(26,27)15-3-2-13(16(19)6-15)10-28-14-8-24(9-14)18(25)23-5-4-12(7-23)17-20-11-21-22-17/h2-3,6,11-12,14H,4-5,7-10H2,1H3,(H,20,21,22). The van der Waals surface area contributed by atoms with E-state index in [4.69, 9.17) is 4.74 Å². The molecule has 11 heteroatoms. The predicted octanol–water partition coefficient (Wildman–Crippen LogP) is 1.16. The zero-order valence-electron chi connectivity index (χ0n) is 15.9. The van der Waals surface area contributed by atoms with E-state index in [0.29, 0.717) is 26.2 Å². The van der Waals surface area contributed by atoms with Gasteiger partial charge in [-0.15, -0.1) is 0 Å². The summed E-state index contributed by atoms with van der Waals surface area (Å²) in [5.41, 5.74) is 0.289. The van der Waals surface area contributed by atoms with Crippen molar-refractivity contribution in [2.75, 3.05) is 32.4 Å². The number of benzene rings is 1. The summed E-state index contributed by atoms with van der Waals surface area (Å²) in [4.78, 5) is 20.2. The largest absolute Gasteiger partial charge is 0.370 e. The maximum Gasteiger partial charge on any atom is 0.320 e. The van der Waals surface area contributed by atoms with Crippen LogP contribution >= 0.6 is 0 Å². The number of aromatic amines is 1. The van der Waals surface area contributed by atoms with Crippen molar-refractivity contribution in [3.8, 4) is 0 Å². The highest BCUT2D eigenvalue weighted by atomic mass is 32.2. The number of carbonyl (C=O) groups is 1. The monoisotopic (exact) mass is 423 g/mol. The first kappa shape index (κ1) is 19.8.